The van der Waals surface area contributed by atoms with Crippen LogP contribution in [0.4, 0.5) is 5.82 Å². The Labute approximate surface area is 294 Å². The van der Waals surface area contributed by atoms with Gasteiger partial charge < -0.3 is 35.2 Å². The Morgan fingerprint density at radius 2 is 1.56 bits per heavy atom. The molecule has 2 heterocycles. The second-order valence-corrected chi connectivity index (χ2v) is 12.2. The minimum atomic E-state index is -0.196. The van der Waals surface area contributed by atoms with Crippen molar-refractivity contribution in [2.24, 2.45) is 0 Å². The van der Waals surface area contributed by atoms with E-state index in [-0.39, 0.29) is 23.6 Å². The first-order valence-electron chi connectivity index (χ1n) is 17.2. The molecule has 0 radical (unpaired) electrons. The minimum absolute atomic E-state index is 0.00227. The summed E-state index contributed by atoms with van der Waals surface area (Å²) in [5, 5.41) is 24.6. The molecule has 3 amide bonds. The van der Waals surface area contributed by atoms with Gasteiger partial charge in [0.1, 0.15) is 17.3 Å². The van der Waals surface area contributed by atoms with Crippen LogP contribution in [0.3, 0.4) is 0 Å². The summed E-state index contributed by atoms with van der Waals surface area (Å²) in [5.74, 6) is 1.74. The summed E-state index contributed by atoms with van der Waals surface area (Å²) in [5.41, 5.74) is 3.25. The van der Waals surface area contributed by atoms with Crippen LogP contribution in [0.5, 0.6) is 11.5 Å². The van der Waals surface area contributed by atoms with Crippen molar-refractivity contribution < 1.29 is 23.9 Å². The van der Waals surface area contributed by atoms with Crippen molar-refractivity contribution in [3.05, 3.63) is 66.2 Å². The van der Waals surface area contributed by atoms with E-state index in [0.29, 0.717) is 49.5 Å². The monoisotopic (exact) mass is 686 g/mol. The van der Waals surface area contributed by atoms with E-state index < -0.39 is 0 Å². The highest BCUT2D eigenvalue weighted by molar-refractivity contribution is 6.05. The highest BCUT2D eigenvalue weighted by atomic mass is 16.5. The van der Waals surface area contributed by atoms with Gasteiger partial charge >= 0.3 is 0 Å². The number of rotatable bonds is 17. The first kappa shape index (κ1) is 37.6. The molecule has 13 nitrogen and oxygen atoms in total. The van der Waals surface area contributed by atoms with Gasteiger partial charge in [-0.15, -0.1) is 0 Å². The van der Waals surface area contributed by atoms with E-state index in [4.69, 9.17) is 14.9 Å². The molecule has 0 unspecified atom stereocenters. The van der Waals surface area contributed by atoms with Crippen molar-refractivity contribution in [3.8, 4) is 22.8 Å². The zero-order chi connectivity index (χ0) is 35.7. The Hall–Kier alpha value is -5.17. The maximum Gasteiger partial charge on any atom is 0.225 e. The van der Waals surface area contributed by atoms with E-state index in [1.165, 1.54) is 0 Å². The number of unbranched alkanes of at least 4 members (excludes halogenated alkanes) is 2. The zero-order valence-electron chi connectivity index (χ0n) is 29.3. The number of ether oxygens (including phenoxy) is 2. The molecule has 0 aliphatic carbocycles. The molecule has 268 valence electrons. The summed E-state index contributed by atoms with van der Waals surface area (Å²) in [6.07, 6.45) is 6.18. The number of carbonyl (C=O) groups excluding carboxylic acids is 3. The van der Waals surface area contributed by atoms with Crippen molar-refractivity contribution in [1.29, 1.82) is 5.41 Å². The lowest BCUT2D eigenvalue weighted by Crippen LogP contribution is -2.34. The number of aromatic nitrogens is 2. The number of amidine groups is 1. The van der Waals surface area contributed by atoms with Crippen LogP contribution in [0.25, 0.3) is 17.0 Å². The fourth-order valence-corrected chi connectivity index (χ4v) is 5.67. The number of H-pyrrole nitrogens is 1. The molecule has 1 saturated heterocycles. The van der Waals surface area contributed by atoms with Gasteiger partial charge in [-0.1, -0.05) is 0 Å². The van der Waals surface area contributed by atoms with Crippen LogP contribution < -0.4 is 25.4 Å². The number of methoxy groups -OCH3 is 2. The maximum atomic E-state index is 12.6. The van der Waals surface area contributed by atoms with Crippen molar-refractivity contribution in [2.45, 2.75) is 51.9 Å². The molecule has 1 aromatic heterocycles. The number of aromatic amines is 1. The lowest BCUT2D eigenvalue weighted by molar-refractivity contribution is -0.128. The third-order valence-electron chi connectivity index (χ3n) is 8.52. The molecule has 50 heavy (non-hydrogen) atoms. The topological polar surface area (TPSA) is 165 Å². The number of hydrogen-bond donors (Lipinski definition) is 5. The summed E-state index contributed by atoms with van der Waals surface area (Å²) in [7, 11) is 3.22. The zero-order valence-corrected chi connectivity index (χ0v) is 29.3. The third-order valence-corrected chi connectivity index (χ3v) is 8.52. The summed E-state index contributed by atoms with van der Waals surface area (Å²) in [6.45, 7) is 6.43. The highest BCUT2D eigenvalue weighted by Crippen LogP contribution is 2.23. The molecule has 5 N–H and O–H groups in total. The van der Waals surface area contributed by atoms with Crippen LogP contribution in [-0.2, 0) is 14.4 Å². The normalized spacial score (nSPS) is 13.7. The molecular weight excluding hydrogens is 636 g/mol. The number of anilines is 1. The predicted molar refractivity (Wildman–Crippen MR) is 195 cm³/mol. The average Bonchev–Trinajstić information content (AvgIpc) is 3.44. The first-order valence-corrected chi connectivity index (χ1v) is 17.2. The van der Waals surface area contributed by atoms with Gasteiger partial charge in [0.2, 0.25) is 17.7 Å². The fourth-order valence-electron chi connectivity index (χ4n) is 5.67. The van der Waals surface area contributed by atoms with Crippen molar-refractivity contribution in [1.82, 2.24) is 30.6 Å². The van der Waals surface area contributed by atoms with Gasteiger partial charge in [-0.3, -0.25) is 24.9 Å². The number of amides is 3. The van der Waals surface area contributed by atoms with Crippen molar-refractivity contribution >= 4 is 35.1 Å². The Morgan fingerprint density at radius 1 is 0.880 bits per heavy atom. The molecule has 0 spiro atoms. The van der Waals surface area contributed by atoms with Gasteiger partial charge in [-0.25, -0.2) is 0 Å². The van der Waals surface area contributed by atoms with Crippen LogP contribution in [-0.4, -0.2) is 97.0 Å². The summed E-state index contributed by atoms with van der Waals surface area (Å²) >= 11 is 0. The Bertz CT molecular complexity index is 1590. The molecule has 1 fully saturated rings. The van der Waals surface area contributed by atoms with E-state index in [1.807, 2.05) is 53.4 Å². The van der Waals surface area contributed by atoms with Crippen molar-refractivity contribution in [2.75, 3.05) is 58.8 Å². The number of nitrogens with zero attached hydrogens (tertiary/aromatic N) is 3. The van der Waals surface area contributed by atoms with Gasteiger partial charge in [0.05, 0.1) is 19.9 Å². The quantitative estimate of drug-likeness (QED) is 0.0778. The van der Waals surface area contributed by atoms with E-state index in [0.717, 1.165) is 74.6 Å². The lowest BCUT2D eigenvalue weighted by atomic mass is 10.1. The average molecular weight is 687 g/mol. The number of nitrogens with one attached hydrogen (secondary N) is 5. The SMILES string of the molecule is COc1ccc(/C(=C/C(=N)NC(=O)CCCCN2CCCN(C(C)=O)CC2)NCCCCC(=O)Nc2cc(-c3ccc(OC)cc3)[nH]n2)cc1. The molecular formula is C37H50N8O5. The maximum absolute atomic E-state index is 12.6. The van der Waals surface area contributed by atoms with Crippen LogP contribution in [0.15, 0.2) is 60.7 Å². The third kappa shape index (κ3) is 12.4. The Balaban J connectivity index is 1.20. The number of benzene rings is 2. The minimum Gasteiger partial charge on any atom is -0.497 e. The second kappa shape index (κ2) is 19.7. The molecule has 1 aliphatic rings. The van der Waals surface area contributed by atoms with Crippen LogP contribution in [0.2, 0.25) is 0 Å². The van der Waals surface area contributed by atoms with E-state index >= 15 is 0 Å². The van der Waals surface area contributed by atoms with E-state index in [9.17, 15) is 14.4 Å². The number of hydrogen-bond acceptors (Lipinski definition) is 9. The van der Waals surface area contributed by atoms with E-state index in [2.05, 4.69) is 31.0 Å². The van der Waals surface area contributed by atoms with Gasteiger partial charge in [-0.2, -0.15) is 5.10 Å². The van der Waals surface area contributed by atoms with Crippen LogP contribution in [0.1, 0.15) is 57.4 Å². The standard InChI is InChI=1S/C37H50N8O5/c1-27(46)45-22-8-21-44(23-24-45)20-7-5-10-36(47)40-34(38)25-32(28-11-15-30(49-2)16-12-28)39-19-6-4-9-37(48)41-35-26-33(42-43-35)29-13-17-31(50-3)18-14-29/h11-18,25-26,39H,4-10,19-24H2,1-3H3,(H2,38,40,47)(H2,41,42,43,48)/b32-25-. The predicted octanol–water partition coefficient (Wildman–Crippen LogP) is 4.65. The molecule has 3 aromatic rings. The highest BCUT2D eigenvalue weighted by Gasteiger charge is 2.16. The molecule has 0 atom stereocenters. The largest absolute Gasteiger partial charge is 0.497 e. The fraction of sp³-hybridized carbons (Fsp3) is 0.432. The Morgan fingerprint density at radius 3 is 2.26 bits per heavy atom. The first-order chi connectivity index (χ1) is 24.2. The summed E-state index contributed by atoms with van der Waals surface area (Å²) in [6, 6.07) is 16.8. The molecule has 13 heteroatoms. The summed E-state index contributed by atoms with van der Waals surface area (Å²) in [4.78, 5) is 41.1. The van der Waals surface area contributed by atoms with Gasteiger partial charge in [0.15, 0.2) is 5.82 Å². The van der Waals surface area contributed by atoms with E-state index in [1.54, 1.807) is 33.3 Å². The molecule has 4 rings (SSSR count). The lowest BCUT2D eigenvalue weighted by Gasteiger charge is -2.20. The van der Waals surface area contributed by atoms with Gasteiger partial charge in [-0.05, 0) is 105 Å². The molecule has 1 aliphatic heterocycles. The second-order valence-electron chi connectivity index (χ2n) is 12.2. The van der Waals surface area contributed by atoms with Gasteiger partial charge in [0, 0.05) is 63.8 Å². The van der Waals surface area contributed by atoms with Crippen molar-refractivity contribution in [3.63, 3.8) is 0 Å². The smallest absolute Gasteiger partial charge is 0.225 e. The van der Waals surface area contributed by atoms with Gasteiger partial charge in [0.25, 0.3) is 0 Å². The molecule has 2 aromatic carbocycles. The molecule has 0 bridgehead atoms. The van der Waals surface area contributed by atoms with Crippen LogP contribution in [0, 0.1) is 5.41 Å². The molecule has 0 saturated carbocycles. The number of carbonyl (C=O) groups is 3. The Kier molecular flexibility index (Phi) is 14.9. The van der Waals surface area contributed by atoms with Crippen LogP contribution >= 0.6 is 0 Å². The summed E-state index contributed by atoms with van der Waals surface area (Å²) < 4.78 is 10.5.